The smallest absolute Gasteiger partial charge is 0.253 e. The van der Waals surface area contributed by atoms with E-state index < -0.39 is 0 Å². The molecule has 36 heavy (non-hydrogen) atoms. The summed E-state index contributed by atoms with van der Waals surface area (Å²) in [6, 6.07) is 7.97. The zero-order valence-electron chi connectivity index (χ0n) is 21.4. The van der Waals surface area contributed by atoms with Crippen molar-refractivity contribution in [2.24, 2.45) is 5.41 Å². The van der Waals surface area contributed by atoms with Crippen LogP contribution < -0.4 is 10.3 Å². The fourth-order valence-corrected chi connectivity index (χ4v) is 7.17. The van der Waals surface area contributed by atoms with Crippen molar-refractivity contribution in [3.05, 3.63) is 46.0 Å². The van der Waals surface area contributed by atoms with E-state index in [0.29, 0.717) is 11.5 Å². The fraction of sp³-hybridized carbons (Fsp3) is 0.643. The van der Waals surface area contributed by atoms with Crippen molar-refractivity contribution in [2.45, 2.75) is 89.1 Å². The van der Waals surface area contributed by atoms with Crippen LogP contribution in [0.15, 0.2) is 29.1 Å². The number of H-pyrrole nitrogens is 1. The quantitative estimate of drug-likeness (QED) is 0.531. The highest BCUT2D eigenvalue weighted by Crippen LogP contribution is 2.46. The van der Waals surface area contributed by atoms with Crippen LogP contribution in [0.5, 0.6) is 5.75 Å². The number of nitrogens with one attached hydrogen (secondary N) is 1. The van der Waals surface area contributed by atoms with Crippen molar-refractivity contribution in [1.82, 2.24) is 30.1 Å². The van der Waals surface area contributed by atoms with Gasteiger partial charge in [0.15, 0.2) is 5.82 Å². The number of methoxy groups -OCH3 is 1. The van der Waals surface area contributed by atoms with E-state index in [-0.39, 0.29) is 11.6 Å². The second-order valence-corrected chi connectivity index (χ2v) is 11.3. The largest absolute Gasteiger partial charge is 0.497 e. The topological polar surface area (TPSA) is 88.9 Å². The first-order valence-electron chi connectivity index (χ1n) is 13.9. The molecule has 0 radical (unpaired) electrons. The number of benzene rings is 1. The third-order valence-corrected chi connectivity index (χ3v) is 9.03. The number of fused-ring (bicyclic) bond motifs is 1. The summed E-state index contributed by atoms with van der Waals surface area (Å²) in [5.74, 6) is 1.56. The van der Waals surface area contributed by atoms with E-state index in [1.807, 2.05) is 18.2 Å². The van der Waals surface area contributed by atoms with Gasteiger partial charge in [-0.25, -0.2) is 4.68 Å². The van der Waals surface area contributed by atoms with Gasteiger partial charge in [0.1, 0.15) is 11.8 Å². The number of hydrogen-bond acceptors (Lipinski definition) is 6. The first-order valence-corrected chi connectivity index (χ1v) is 13.9. The van der Waals surface area contributed by atoms with E-state index in [0.717, 1.165) is 60.4 Å². The summed E-state index contributed by atoms with van der Waals surface area (Å²) in [6.07, 6.45) is 14.9. The summed E-state index contributed by atoms with van der Waals surface area (Å²) in [6.45, 7) is 1.97. The molecule has 0 amide bonds. The Labute approximate surface area is 212 Å². The molecule has 3 fully saturated rings. The molecule has 1 N–H and O–H groups in total. The van der Waals surface area contributed by atoms with E-state index in [1.165, 1.54) is 57.8 Å². The van der Waals surface area contributed by atoms with Gasteiger partial charge in [-0.3, -0.25) is 9.69 Å². The minimum atomic E-state index is -0.253. The molecule has 6 rings (SSSR count). The predicted molar refractivity (Wildman–Crippen MR) is 139 cm³/mol. The van der Waals surface area contributed by atoms with Gasteiger partial charge >= 0.3 is 0 Å². The lowest BCUT2D eigenvalue weighted by atomic mass is 9.69. The van der Waals surface area contributed by atoms with E-state index in [4.69, 9.17) is 4.74 Å². The van der Waals surface area contributed by atoms with Gasteiger partial charge in [0.25, 0.3) is 5.56 Å². The second kappa shape index (κ2) is 9.96. The number of tetrazole rings is 1. The fourth-order valence-electron chi connectivity index (χ4n) is 7.17. The van der Waals surface area contributed by atoms with Crippen LogP contribution in [0.1, 0.15) is 101 Å². The number of rotatable bonds is 5. The summed E-state index contributed by atoms with van der Waals surface area (Å²) < 4.78 is 7.44. The van der Waals surface area contributed by atoms with E-state index >= 15 is 0 Å². The Morgan fingerprint density at radius 2 is 1.81 bits per heavy atom. The van der Waals surface area contributed by atoms with Gasteiger partial charge in [-0.1, -0.05) is 38.5 Å². The molecule has 1 aliphatic heterocycles. The van der Waals surface area contributed by atoms with Gasteiger partial charge in [-0.15, -0.1) is 5.10 Å². The first-order chi connectivity index (χ1) is 17.7. The number of aromatic amines is 1. The lowest BCUT2D eigenvalue weighted by Gasteiger charge is -2.47. The van der Waals surface area contributed by atoms with Gasteiger partial charge in [0.05, 0.1) is 18.7 Å². The molecule has 2 aromatic heterocycles. The molecule has 1 aromatic carbocycles. The molecule has 1 spiro atoms. The van der Waals surface area contributed by atoms with Crippen molar-refractivity contribution < 1.29 is 4.74 Å². The maximum absolute atomic E-state index is 13.7. The third kappa shape index (κ3) is 4.44. The van der Waals surface area contributed by atoms with Gasteiger partial charge in [-0.2, -0.15) is 0 Å². The monoisotopic (exact) mass is 490 g/mol. The van der Waals surface area contributed by atoms with Crippen molar-refractivity contribution in [2.75, 3.05) is 20.2 Å². The van der Waals surface area contributed by atoms with E-state index in [9.17, 15) is 4.79 Å². The SMILES string of the molecule is COc1ccc2cc([C@@H](c3nnnn3C3CCCCC3)N3CCCC4(CCCCC4)C3)c(=O)[nH]c2c1. The molecule has 3 aromatic rings. The highest BCUT2D eigenvalue weighted by molar-refractivity contribution is 5.80. The normalized spacial score (nSPS) is 22.1. The van der Waals surface area contributed by atoms with E-state index in [1.54, 1.807) is 7.11 Å². The molecule has 3 aliphatic rings. The molecular formula is C28H38N6O2. The Kier molecular flexibility index (Phi) is 6.54. The van der Waals surface area contributed by atoms with Crippen LogP contribution in [-0.4, -0.2) is 50.3 Å². The second-order valence-electron chi connectivity index (χ2n) is 11.3. The summed E-state index contributed by atoms with van der Waals surface area (Å²) >= 11 is 0. The maximum atomic E-state index is 13.7. The molecule has 8 heteroatoms. The molecule has 8 nitrogen and oxygen atoms in total. The average molecular weight is 491 g/mol. The number of likely N-dealkylation sites (tertiary alicyclic amines) is 1. The molecule has 1 atom stereocenters. The van der Waals surface area contributed by atoms with Crippen LogP contribution in [0.25, 0.3) is 10.9 Å². The molecule has 192 valence electrons. The van der Waals surface area contributed by atoms with Crippen LogP contribution in [0.4, 0.5) is 0 Å². The molecule has 2 aliphatic carbocycles. The molecule has 1 saturated heterocycles. The van der Waals surface area contributed by atoms with Gasteiger partial charge in [-0.05, 0) is 84.5 Å². The zero-order valence-corrected chi connectivity index (χ0v) is 21.4. The number of hydrogen-bond donors (Lipinski definition) is 1. The van der Waals surface area contributed by atoms with Crippen LogP contribution in [0, 0.1) is 5.41 Å². The molecule has 0 bridgehead atoms. The average Bonchev–Trinajstić information content (AvgIpc) is 3.39. The third-order valence-electron chi connectivity index (χ3n) is 9.03. The van der Waals surface area contributed by atoms with Crippen LogP contribution in [0.2, 0.25) is 0 Å². The summed E-state index contributed by atoms with van der Waals surface area (Å²) in [4.78, 5) is 19.3. The summed E-state index contributed by atoms with van der Waals surface area (Å²) in [5, 5.41) is 14.3. The van der Waals surface area contributed by atoms with Gasteiger partial charge in [0, 0.05) is 18.2 Å². The van der Waals surface area contributed by atoms with Crippen LogP contribution in [0.3, 0.4) is 0 Å². The first kappa shape index (κ1) is 23.6. The number of nitrogens with zero attached hydrogens (tertiary/aromatic N) is 5. The number of ether oxygens (including phenoxy) is 1. The minimum absolute atomic E-state index is 0.0674. The standard InChI is InChI=1S/C28H38N6O2/c1-36-22-12-11-20-17-23(27(35)29-24(20)18-22)25(26-30-31-32-34(26)21-9-4-2-5-10-21)33-16-8-15-28(19-33)13-6-3-7-14-28/h11-12,17-18,21,25H,2-10,13-16,19H2,1H3,(H,29,35)/t25-/m0/s1. The number of aromatic nitrogens is 5. The Morgan fingerprint density at radius 1 is 1.03 bits per heavy atom. The Hall–Kier alpha value is -2.74. The highest BCUT2D eigenvalue weighted by Gasteiger charge is 2.41. The highest BCUT2D eigenvalue weighted by atomic mass is 16.5. The molecule has 2 saturated carbocycles. The Morgan fingerprint density at radius 3 is 2.61 bits per heavy atom. The predicted octanol–water partition coefficient (Wildman–Crippen LogP) is 5.16. The van der Waals surface area contributed by atoms with Crippen molar-refractivity contribution in [1.29, 1.82) is 0 Å². The lowest BCUT2D eigenvalue weighted by Crippen LogP contribution is -2.47. The van der Waals surface area contributed by atoms with Crippen molar-refractivity contribution in [3.8, 4) is 5.75 Å². The lowest BCUT2D eigenvalue weighted by molar-refractivity contribution is 0.0332. The van der Waals surface area contributed by atoms with E-state index in [2.05, 4.69) is 36.2 Å². The van der Waals surface area contributed by atoms with Crippen molar-refractivity contribution in [3.63, 3.8) is 0 Å². The summed E-state index contributed by atoms with van der Waals surface area (Å²) in [7, 11) is 1.65. The van der Waals surface area contributed by atoms with Gasteiger partial charge in [0.2, 0.25) is 0 Å². The zero-order chi connectivity index (χ0) is 24.5. The number of pyridine rings is 1. The number of piperidine rings is 1. The van der Waals surface area contributed by atoms with Gasteiger partial charge < -0.3 is 9.72 Å². The Balaban J connectivity index is 1.45. The summed E-state index contributed by atoms with van der Waals surface area (Å²) in [5.41, 5.74) is 1.82. The van der Waals surface area contributed by atoms with Crippen LogP contribution >= 0.6 is 0 Å². The molecular weight excluding hydrogens is 452 g/mol. The maximum Gasteiger partial charge on any atom is 0.253 e. The minimum Gasteiger partial charge on any atom is -0.497 e. The molecule has 3 heterocycles. The Bertz CT molecular complexity index is 1250. The molecule has 0 unspecified atom stereocenters. The van der Waals surface area contributed by atoms with Crippen molar-refractivity contribution >= 4 is 10.9 Å². The van der Waals surface area contributed by atoms with Crippen LogP contribution in [-0.2, 0) is 0 Å².